The molecule has 0 saturated heterocycles. The zero-order valence-corrected chi connectivity index (χ0v) is 14.4. The van der Waals surface area contributed by atoms with Gasteiger partial charge in [0.2, 0.25) is 0 Å². The molecule has 2 aromatic carbocycles. The van der Waals surface area contributed by atoms with Crippen LogP contribution in [0.1, 0.15) is 17.3 Å². The fraction of sp³-hybridized carbons (Fsp3) is 0.100. The number of hydrogen-bond acceptors (Lipinski definition) is 3. The first-order valence-corrected chi connectivity index (χ1v) is 8.05. The van der Waals surface area contributed by atoms with E-state index in [4.69, 9.17) is 0 Å². The van der Waals surface area contributed by atoms with Gasteiger partial charge in [0.05, 0.1) is 11.9 Å². The predicted molar refractivity (Wildman–Crippen MR) is 98.4 cm³/mol. The summed E-state index contributed by atoms with van der Waals surface area (Å²) in [4.78, 5) is 23.7. The zero-order chi connectivity index (χ0) is 19.7. The summed E-state index contributed by atoms with van der Waals surface area (Å²) in [5.41, 5.74) is 1.97. The Bertz CT molecular complexity index is 1090. The Hall–Kier alpha value is -3.48. The van der Waals surface area contributed by atoms with Crippen LogP contribution in [0.4, 0.5) is 20.2 Å². The van der Waals surface area contributed by atoms with Crippen LogP contribution in [0.3, 0.4) is 0 Å². The molecular weight excluding hydrogens is 354 g/mol. The number of nitrogens with one attached hydrogen (secondary N) is 1. The van der Waals surface area contributed by atoms with Gasteiger partial charge < -0.3 is 10.4 Å². The number of benzene rings is 2. The van der Waals surface area contributed by atoms with Crippen LogP contribution >= 0.6 is 0 Å². The summed E-state index contributed by atoms with van der Waals surface area (Å²) in [7, 11) is 0. The average Bonchev–Trinajstić information content (AvgIpc) is 2.96. The van der Waals surface area contributed by atoms with E-state index in [0.717, 1.165) is 12.1 Å². The van der Waals surface area contributed by atoms with Crippen LogP contribution in [0, 0.1) is 11.6 Å². The molecule has 0 spiro atoms. The summed E-state index contributed by atoms with van der Waals surface area (Å²) in [5.74, 6) is -3.39. The standard InChI is InChI=1S/C20H16F2N2O3/c1-11(2)20(27)24-10-12(8-18(25)26)19-16(4-3-5-17(19)24)23-13-6-7-14(21)15(22)9-13/h3-7,9-10,23H,1,8H2,2H3,(H,25,26). The van der Waals surface area contributed by atoms with E-state index >= 15 is 0 Å². The van der Waals surface area contributed by atoms with Gasteiger partial charge in [0, 0.05) is 34.6 Å². The number of carboxylic acids is 1. The number of carboxylic acid groups (broad SMARTS) is 1. The number of carbonyl (C=O) groups is 2. The van der Waals surface area contributed by atoms with Crippen molar-refractivity contribution < 1.29 is 23.5 Å². The molecule has 1 heterocycles. The molecule has 0 unspecified atom stereocenters. The third-order valence-electron chi connectivity index (χ3n) is 4.03. The summed E-state index contributed by atoms with van der Waals surface area (Å²) < 4.78 is 28.0. The number of carbonyl (C=O) groups excluding carboxylic acids is 1. The molecule has 0 aliphatic heterocycles. The minimum atomic E-state index is -1.06. The first-order valence-electron chi connectivity index (χ1n) is 8.05. The molecule has 0 aliphatic rings. The summed E-state index contributed by atoms with van der Waals surface area (Å²) >= 11 is 0. The largest absolute Gasteiger partial charge is 0.481 e. The first-order chi connectivity index (χ1) is 12.8. The van der Waals surface area contributed by atoms with E-state index in [0.29, 0.717) is 33.4 Å². The number of fused-ring (bicyclic) bond motifs is 1. The lowest BCUT2D eigenvalue weighted by molar-refractivity contribution is -0.136. The second-order valence-corrected chi connectivity index (χ2v) is 6.13. The van der Waals surface area contributed by atoms with Gasteiger partial charge in [-0.3, -0.25) is 14.2 Å². The molecule has 1 aromatic heterocycles. The first kappa shape index (κ1) is 18.3. The van der Waals surface area contributed by atoms with Crippen molar-refractivity contribution in [3.8, 4) is 0 Å². The van der Waals surface area contributed by atoms with Crippen molar-refractivity contribution in [2.75, 3.05) is 5.32 Å². The highest BCUT2D eigenvalue weighted by Gasteiger charge is 2.18. The minimum absolute atomic E-state index is 0.293. The van der Waals surface area contributed by atoms with Crippen molar-refractivity contribution in [1.82, 2.24) is 4.57 Å². The van der Waals surface area contributed by atoms with Crippen LogP contribution in [0.2, 0.25) is 0 Å². The number of aromatic nitrogens is 1. The Kier molecular flexibility index (Phi) is 4.77. The Morgan fingerprint density at radius 3 is 2.56 bits per heavy atom. The lowest BCUT2D eigenvalue weighted by Crippen LogP contribution is -2.09. The minimum Gasteiger partial charge on any atom is -0.481 e. The third-order valence-corrected chi connectivity index (χ3v) is 4.03. The van der Waals surface area contributed by atoms with Gasteiger partial charge in [-0.25, -0.2) is 8.78 Å². The second kappa shape index (κ2) is 7.03. The molecule has 0 bridgehead atoms. The number of halogens is 2. The summed E-state index contributed by atoms with van der Waals surface area (Å²) in [6.45, 7) is 5.20. The molecule has 27 heavy (non-hydrogen) atoms. The molecule has 138 valence electrons. The highest BCUT2D eigenvalue weighted by Crippen LogP contribution is 2.32. The second-order valence-electron chi connectivity index (χ2n) is 6.13. The van der Waals surface area contributed by atoms with Gasteiger partial charge in [0.15, 0.2) is 11.6 Å². The molecule has 7 heteroatoms. The molecule has 0 atom stereocenters. The molecule has 3 rings (SSSR count). The van der Waals surface area contributed by atoms with E-state index in [-0.39, 0.29) is 12.3 Å². The Labute approximate surface area is 153 Å². The van der Waals surface area contributed by atoms with E-state index in [2.05, 4.69) is 11.9 Å². The lowest BCUT2D eigenvalue weighted by atomic mass is 10.1. The van der Waals surface area contributed by atoms with Crippen molar-refractivity contribution in [2.45, 2.75) is 13.3 Å². The third kappa shape index (κ3) is 3.57. The van der Waals surface area contributed by atoms with Crippen molar-refractivity contribution in [2.24, 2.45) is 0 Å². The maximum atomic E-state index is 13.5. The van der Waals surface area contributed by atoms with Crippen LogP contribution in [0.25, 0.3) is 10.9 Å². The number of aliphatic carboxylic acids is 1. The summed E-state index contributed by atoms with van der Waals surface area (Å²) in [6, 6.07) is 8.39. The van der Waals surface area contributed by atoms with E-state index in [1.807, 2.05) is 0 Å². The molecule has 0 aliphatic carbocycles. The number of anilines is 2. The van der Waals surface area contributed by atoms with Gasteiger partial charge in [0.25, 0.3) is 5.91 Å². The van der Waals surface area contributed by atoms with Crippen molar-refractivity contribution in [3.63, 3.8) is 0 Å². The van der Waals surface area contributed by atoms with Crippen LogP contribution in [0.5, 0.6) is 0 Å². The SMILES string of the molecule is C=C(C)C(=O)n1cc(CC(=O)O)c2c(Nc3ccc(F)c(F)c3)cccc21. The van der Waals surface area contributed by atoms with E-state index in [9.17, 15) is 23.5 Å². The molecular formula is C20H16F2N2O3. The van der Waals surface area contributed by atoms with E-state index in [1.54, 1.807) is 25.1 Å². The maximum absolute atomic E-state index is 13.5. The molecule has 5 nitrogen and oxygen atoms in total. The number of allylic oxidation sites excluding steroid dienone is 1. The predicted octanol–water partition coefficient (Wildman–Crippen LogP) is 4.51. The van der Waals surface area contributed by atoms with Crippen LogP contribution < -0.4 is 5.32 Å². The van der Waals surface area contributed by atoms with Gasteiger partial charge in [-0.1, -0.05) is 12.6 Å². The average molecular weight is 370 g/mol. The highest BCUT2D eigenvalue weighted by atomic mass is 19.2. The Morgan fingerprint density at radius 1 is 1.19 bits per heavy atom. The highest BCUT2D eigenvalue weighted by molar-refractivity contribution is 6.06. The van der Waals surface area contributed by atoms with Crippen LogP contribution in [-0.2, 0) is 11.2 Å². The molecule has 0 fully saturated rings. The molecule has 2 N–H and O–H groups in total. The topological polar surface area (TPSA) is 71.3 Å². The number of nitrogens with zero attached hydrogens (tertiary/aromatic N) is 1. The molecule has 0 radical (unpaired) electrons. The molecule has 0 saturated carbocycles. The van der Waals surface area contributed by atoms with Gasteiger partial charge in [-0.2, -0.15) is 0 Å². The van der Waals surface area contributed by atoms with Crippen molar-refractivity contribution in [1.29, 1.82) is 0 Å². The normalized spacial score (nSPS) is 10.8. The maximum Gasteiger partial charge on any atom is 0.307 e. The smallest absolute Gasteiger partial charge is 0.307 e. The quantitative estimate of drug-likeness (QED) is 0.649. The fourth-order valence-electron chi connectivity index (χ4n) is 2.87. The zero-order valence-electron chi connectivity index (χ0n) is 14.4. The monoisotopic (exact) mass is 370 g/mol. The van der Waals surface area contributed by atoms with Crippen LogP contribution in [-0.4, -0.2) is 21.6 Å². The van der Waals surface area contributed by atoms with Crippen molar-refractivity contribution >= 4 is 34.2 Å². The fourth-order valence-corrected chi connectivity index (χ4v) is 2.87. The molecule has 0 amide bonds. The Balaban J connectivity index is 2.17. The van der Waals surface area contributed by atoms with Crippen molar-refractivity contribution in [3.05, 3.63) is 71.9 Å². The number of hydrogen-bond donors (Lipinski definition) is 2. The summed E-state index contributed by atoms with van der Waals surface area (Å²) in [6.07, 6.45) is 1.16. The van der Waals surface area contributed by atoms with Crippen LogP contribution in [0.15, 0.2) is 54.7 Å². The number of rotatable bonds is 5. The van der Waals surface area contributed by atoms with Gasteiger partial charge in [-0.15, -0.1) is 0 Å². The van der Waals surface area contributed by atoms with E-state index in [1.165, 1.54) is 16.8 Å². The van der Waals surface area contributed by atoms with Gasteiger partial charge in [0.1, 0.15) is 0 Å². The Morgan fingerprint density at radius 2 is 1.93 bits per heavy atom. The van der Waals surface area contributed by atoms with Gasteiger partial charge in [-0.05, 0) is 36.8 Å². The van der Waals surface area contributed by atoms with E-state index < -0.39 is 17.6 Å². The summed E-state index contributed by atoms with van der Waals surface area (Å²) in [5, 5.41) is 12.7. The molecule has 3 aromatic rings. The van der Waals surface area contributed by atoms with Gasteiger partial charge >= 0.3 is 5.97 Å². The lowest BCUT2D eigenvalue weighted by Gasteiger charge is -2.10.